The fourth-order valence-corrected chi connectivity index (χ4v) is 2.78. The van der Waals surface area contributed by atoms with Crippen molar-refractivity contribution < 1.29 is 4.79 Å². The van der Waals surface area contributed by atoms with Crippen LogP contribution in [-0.4, -0.2) is 33.0 Å². The van der Waals surface area contributed by atoms with Crippen LogP contribution in [0.3, 0.4) is 0 Å². The van der Waals surface area contributed by atoms with Crippen molar-refractivity contribution in [1.29, 1.82) is 0 Å². The zero-order valence-electron chi connectivity index (χ0n) is 11.3. The summed E-state index contributed by atoms with van der Waals surface area (Å²) in [7, 11) is 1.72. The second-order valence-corrected chi connectivity index (χ2v) is 5.37. The lowest BCUT2D eigenvalue weighted by atomic mass is 10.2. The Labute approximate surface area is 126 Å². The Kier molecular flexibility index (Phi) is 3.79. The smallest absolute Gasteiger partial charge is 0.266 e. The quantitative estimate of drug-likeness (QED) is 0.800. The number of carbonyl (C=O) groups is 1. The molecule has 104 valence electrons. The van der Waals surface area contributed by atoms with Gasteiger partial charge in [0.25, 0.3) is 5.91 Å². The highest BCUT2D eigenvalue weighted by Crippen LogP contribution is 2.32. The van der Waals surface area contributed by atoms with E-state index in [9.17, 15) is 4.79 Å². The van der Waals surface area contributed by atoms with Crippen LogP contribution in [0.2, 0.25) is 0 Å². The summed E-state index contributed by atoms with van der Waals surface area (Å²) < 4.78 is 0. The molecule has 1 saturated heterocycles. The van der Waals surface area contributed by atoms with Gasteiger partial charge in [-0.05, 0) is 47.7 Å². The first-order valence-electron chi connectivity index (χ1n) is 6.30. The number of amidine groups is 1. The molecule has 0 bridgehead atoms. The molecule has 1 fully saturated rings. The van der Waals surface area contributed by atoms with Gasteiger partial charge in [-0.25, -0.2) is 4.99 Å². The van der Waals surface area contributed by atoms with Gasteiger partial charge in [-0.1, -0.05) is 0 Å². The van der Waals surface area contributed by atoms with Crippen LogP contribution < -0.4 is 0 Å². The number of hydrogen-bond acceptors (Lipinski definition) is 5. The molecule has 1 amide bonds. The van der Waals surface area contributed by atoms with Crippen LogP contribution in [0.5, 0.6) is 0 Å². The van der Waals surface area contributed by atoms with Crippen molar-refractivity contribution in [3.8, 4) is 0 Å². The lowest BCUT2D eigenvalue weighted by molar-refractivity contribution is -0.121. The van der Waals surface area contributed by atoms with Crippen LogP contribution in [0.1, 0.15) is 5.56 Å². The summed E-state index contributed by atoms with van der Waals surface area (Å²) in [6.45, 7) is 0. The van der Waals surface area contributed by atoms with E-state index in [-0.39, 0.29) is 5.91 Å². The predicted molar refractivity (Wildman–Crippen MR) is 83.9 cm³/mol. The Morgan fingerprint density at radius 2 is 2.00 bits per heavy atom. The molecule has 0 N–H and O–H groups in total. The summed E-state index contributed by atoms with van der Waals surface area (Å²) in [6.07, 6.45) is 8.60. The summed E-state index contributed by atoms with van der Waals surface area (Å²) in [4.78, 5) is 26.9. The normalized spacial score (nSPS) is 18.7. The number of amides is 1. The fraction of sp³-hybridized carbons (Fsp3) is 0.0667. The topological polar surface area (TPSA) is 58.5 Å². The lowest BCUT2D eigenvalue weighted by Crippen LogP contribution is -2.23. The summed E-state index contributed by atoms with van der Waals surface area (Å²) in [6, 6.07) is 7.38. The van der Waals surface area contributed by atoms with Crippen molar-refractivity contribution >= 4 is 34.6 Å². The van der Waals surface area contributed by atoms with E-state index in [1.54, 1.807) is 36.7 Å². The van der Waals surface area contributed by atoms with Crippen LogP contribution in [0, 0.1) is 0 Å². The molecule has 1 aliphatic heterocycles. The van der Waals surface area contributed by atoms with Crippen LogP contribution in [0.15, 0.2) is 59.0 Å². The number of aliphatic imine (C=N–C) groups is 1. The van der Waals surface area contributed by atoms with Crippen molar-refractivity contribution in [3.63, 3.8) is 0 Å². The molecule has 0 aromatic carbocycles. The van der Waals surface area contributed by atoms with E-state index in [0.717, 1.165) is 11.3 Å². The molecular weight excluding hydrogens is 284 g/mol. The molecule has 0 atom stereocenters. The maximum Gasteiger partial charge on any atom is 0.266 e. The van der Waals surface area contributed by atoms with Crippen molar-refractivity contribution in [2.45, 2.75) is 0 Å². The minimum absolute atomic E-state index is 0.0561. The number of rotatable bonds is 2. The Morgan fingerprint density at radius 3 is 2.71 bits per heavy atom. The van der Waals surface area contributed by atoms with Crippen molar-refractivity contribution in [2.75, 3.05) is 7.05 Å². The zero-order chi connectivity index (χ0) is 14.7. The molecule has 1 aliphatic rings. The molecule has 21 heavy (non-hydrogen) atoms. The molecule has 3 heterocycles. The summed E-state index contributed by atoms with van der Waals surface area (Å²) >= 11 is 1.36. The SMILES string of the molecule is CN1C(=O)/C(=C/c2ccncc2)SC1=Nc1cccnc1. The third-order valence-corrected chi connectivity index (χ3v) is 3.94. The number of aromatic nitrogens is 2. The van der Waals surface area contributed by atoms with Gasteiger partial charge in [-0.3, -0.25) is 19.7 Å². The minimum Gasteiger partial charge on any atom is -0.290 e. The number of likely N-dealkylation sites (N-methyl/N-ethyl adjacent to an activating group) is 1. The monoisotopic (exact) mass is 296 g/mol. The number of carbonyl (C=O) groups excluding carboxylic acids is 1. The number of pyridine rings is 2. The van der Waals surface area contributed by atoms with Gasteiger partial charge in [0, 0.05) is 25.6 Å². The van der Waals surface area contributed by atoms with Gasteiger partial charge in [-0.15, -0.1) is 0 Å². The highest BCUT2D eigenvalue weighted by Gasteiger charge is 2.30. The molecule has 2 aromatic rings. The minimum atomic E-state index is -0.0561. The van der Waals surface area contributed by atoms with Crippen LogP contribution >= 0.6 is 11.8 Å². The second-order valence-electron chi connectivity index (χ2n) is 4.36. The van der Waals surface area contributed by atoms with Crippen molar-refractivity contribution in [3.05, 3.63) is 59.5 Å². The first kappa shape index (κ1) is 13.5. The van der Waals surface area contributed by atoms with Gasteiger partial charge in [0.2, 0.25) is 0 Å². The van der Waals surface area contributed by atoms with Crippen molar-refractivity contribution in [2.24, 2.45) is 4.99 Å². The van der Waals surface area contributed by atoms with Gasteiger partial charge < -0.3 is 0 Å². The molecule has 0 unspecified atom stereocenters. The predicted octanol–water partition coefficient (Wildman–Crippen LogP) is 2.71. The Morgan fingerprint density at radius 1 is 1.19 bits per heavy atom. The largest absolute Gasteiger partial charge is 0.290 e. The second kappa shape index (κ2) is 5.88. The van der Waals surface area contributed by atoms with Crippen LogP contribution in [0.4, 0.5) is 5.69 Å². The molecular formula is C15H12N4OS. The van der Waals surface area contributed by atoms with Gasteiger partial charge in [0.05, 0.1) is 16.8 Å². The van der Waals surface area contributed by atoms with E-state index in [1.165, 1.54) is 11.8 Å². The average molecular weight is 296 g/mol. The fourth-order valence-electron chi connectivity index (χ4n) is 1.79. The molecule has 0 radical (unpaired) electrons. The van der Waals surface area contributed by atoms with E-state index in [0.29, 0.717) is 10.1 Å². The van der Waals surface area contributed by atoms with Gasteiger partial charge >= 0.3 is 0 Å². The van der Waals surface area contributed by atoms with Crippen LogP contribution in [0.25, 0.3) is 6.08 Å². The molecule has 0 saturated carbocycles. The van der Waals surface area contributed by atoms with E-state index in [1.807, 2.05) is 30.3 Å². The highest BCUT2D eigenvalue weighted by molar-refractivity contribution is 8.18. The molecule has 0 spiro atoms. The van der Waals surface area contributed by atoms with Crippen molar-refractivity contribution in [1.82, 2.24) is 14.9 Å². The molecule has 0 aliphatic carbocycles. The Hall–Kier alpha value is -2.47. The standard InChI is InChI=1S/C15H12N4OS/c1-19-14(20)13(9-11-4-7-16-8-5-11)21-15(19)18-12-3-2-6-17-10-12/h2-10H,1H3/b13-9-,18-15?. The first-order valence-corrected chi connectivity index (χ1v) is 7.12. The van der Waals surface area contributed by atoms with E-state index >= 15 is 0 Å². The van der Waals surface area contributed by atoms with Gasteiger partial charge in [0.15, 0.2) is 5.17 Å². The summed E-state index contributed by atoms with van der Waals surface area (Å²) in [5.41, 5.74) is 1.67. The lowest BCUT2D eigenvalue weighted by Gasteiger charge is -2.06. The van der Waals surface area contributed by atoms with E-state index in [2.05, 4.69) is 15.0 Å². The first-order chi connectivity index (χ1) is 10.2. The molecule has 3 rings (SSSR count). The molecule has 6 heteroatoms. The van der Waals surface area contributed by atoms with E-state index in [4.69, 9.17) is 0 Å². The number of nitrogens with zero attached hydrogens (tertiary/aromatic N) is 4. The number of thioether (sulfide) groups is 1. The Bertz CT molecular complexity index is 713. The maximum atomic E-state index is 12.2. The summed E-state index contributed by atoms with van der Waals surface area (Å²) in [5.74, 6) is -0.0561. The third-order valence-electron chi connectivity index (χ3n) is 2.88. The maximum absolute atomic E-state index is 12.2. The highest BCUT2D eigenvalue weighted by atomic mass is 32.2. The molecule has 2 aromatic heterocycles. The zero-order valence-corrected chi connectivity index (χ0v) is 12.1. The van der Waals surface area contributed by atoms with Gasteiger partial charge in [0.1, 0.15) is 0 Å². The summed E-state index contributed by atoms with van der Waals surface area (Å²) in [5, 5.41) is 0.647. The third kappa shape index (κ3) is 3.00. The number of hydrogen-bond donors (Lipinski definition) is 0. The van der Waals surface area contributed by atoms with Crippen LogP contribution in [-0.2, 0) is 4.79 Å². The average Bonchev–Trinajstić information content (AvgIpc) is 2.78. The van der Waals surface area contributed by atoms with E-state index < -0.39 is 0 Å². The Balaban J connectivity index is 1.89. The molecule has 5 nitrogen and oxygen atoms in total. The van der Waals surface area contributed by atoms with Gasteiger partial charge in [-0.2, -0.15) is 0 Å².